The summed E-state index contributed by atoms with van der Waals surface area (Å²) >= 11 is 6.64. The van der Waals surface area contributed by atoms with Crippen molar-refractivity contribution in [2.75, 3.05) is 65.6 Å². The van der Waals surface area contributed by atoms with Gasteiger partial charge >= 0.3 is 0 Å². The lowest BCUT2D eigenvalue weighted by Gasteiger charge is -2.61. The van der Waals surface area contributed by atoms with Crippen molar-refractivity contribution >= 4 is 23.3 Å². The summed E-state index contributed by atoms with van der Waals surface area (Å²) in [4.78, 5) is 36.4. The minimum atomic E-state index is -1.19. The molecule has 9 nitrogen and oxygen atoms in total. The van der Waals surface area contributed by atoms with E-state index in [0.29, 0.717) is 12.6 Å². The SMILES string of the molecule is CC(C)N1CCN(C2C(F)CC3C(=O)C(C(=O)NCCCN4CCOCC4)=CN4C5CC(Cl)CCC5OC2C34)CC1. The molecule has 0 radical (unpaired) electrons. The van der Waals surface area contributed by atoms with E-state index in [1.54, 1.807) is 6.20 Å². The third kappa shape index (κ3) is 6.07. The predicted molar refractivity (Wildman–Crippen MR) is 155 cm³/mol. The molecule has 4 aliphatic heterocycles. The van der Waals surface area contributed by atoms with Crippen molar-refractivity contribution in [3.8, 4) is 0 Å². The molecule has 0 aromatic carbocycles. The standard InChI is InChI=1S/C30H47ClFN5O4/c1-19(2)35-8-10-36(11-9-35)27-23(32)17-21-26-29(27)41-25-5-4-20(31)16-24(25)37(26)18-22(28(21)38)30(39)33-6-3-7-34-12-14-40-15-13-34/h18-21,23-27,29H,3-17H2,1-2H3,(H,33,39). The number of nitrogens with one attached hydrogen (secondary N) is 1. The summed E-state index contributed by atoms with van der Waals surface area (Å²) in [5.41, 5.74) is 0.157. The minimum Gasteiger partial charge on any atom is -0.379 e. The number of rotatable bonds is 7. The van der Waals surface area contributed by atoms with Crippen LogP contribution in [0.4, 0.5) is 4.39 Å². The number of hydrogen-bond donors (Lipinski definition) is 1. The maximum Gasteiger partial charge on any atom is 0.256 e. The van der Waals surface area contributed by atoms with E-state index in [1.165, 1.54) is 0 Å². The maximum atomic E-state index is 16.2. The smallest absolute Gasteiger partial charge is 0.256 e. The number of carbonyl (C=O) groups is 2. The van der Waals surface area contributed by atoms with Crippen molar-refractivity contribution in [2.45, 2.75) is 93.9 Å². The molecule has 2 aliphatic carbocycles. The number of halogens is 2. The number of fused-ring (bicyclic) bond motifs is 2. The van der Waals surface area contributed by atoms with Crippen molar-refractivity contribution in [3.63, 3.8) is 0 Å². The lowest BCUT2D eigenvalue weighted by molar-refractivity contribution is -0.213. The second kappa shape index (κ2) is 12.7. The van der Waals surface area contributed by atoms with Crippen LogP contribution in [0.2, 0.25) is 0 Å². The number of morpholine rings is 2. The van der Waals surface area contributed by atoms with E-state index in [9.17, 15) is 9.59 Å². The van der Waals surface area contributed by atoms with Crippen molar-refractivity contribution < 1.29 is 23.5 Å². The van der Waals surface area contributed by atoms with E-state index in [4.69, 9.17) is 21.1 Å². The fraction of sp³-hybridized carbons (Fsp3) is 0.867. The number of Topliss-reactive ketones (excluding diaryl/α,β-unsaturated/α-hetero) is 1. The Labute approximate surface area is 248 Å². The molecule has 4 heterocycles. The van der Waals surface area contributed by atoms with Gasteiger partial charge in [0.15, 0.2) is 5.78 Å². The highest BCUT2D eigenvalue weighted by Crippen LogP contribution is 2.47. The molecule has 0 spiro atoms. The number of amides is 1. The highest BCUT2D eigenvalue weighted by molar-refractivity contribution is 6.21. The molecule has 6 aliphatic rings. The Morgan fingerprint density at radius 1 is 1.10 bits per heavy atom. The Morgan fingerprint density at radius 2 is 1.85 bits per heavy atom. The monoisotopic (exact) mass is 595 g/mol. The van der Waals surface area contributed by atoms with E-state index in [0.717, 1.165) is 84.7 Å². The van der Waals surface area contributed by atoms with Crippen LogP contribution >= 0.6 is 11.6 Å². The lowest BCUT2D eigenvalue weighted by Crippen LogP contribution is -2.74. The molecule has 230 valence electrons. The largest absolute Gasteiger partial charge is 0.379 e. The predicted octanol–water partition coefficient (Wildman–Crippen LogP) is 1.64. The molecule has 3 saturated heterocycles. The number of alkyl halides is 2. The normalized spacial score (nSPS) is 38.8. The number of carbonyl (C=O) groups excluding carboxylic acids is 2. The molecule has 6 rings (SSSR count). The summed E-state index contributed by atoms with van der Waals surface area (Å²) in [6, 6.07) is -0.211. The van der Waals surface area contributed by atoms with E-state index < -0.39 is 18.2 Å². The van der Waals surface area contributed by atoms with Gasteiger partial charge in [-0.3, -0.25) is 24.3 Å². The molecule has 0 aromatic heterocycles. The van der Waals surface area contributed by atoms with Crippen LogP contribution in [0.3, 0.4) is 0 Å². The Bertz CT molecular complexity index is 988. The Hall–Kier alpha value is -1.30. The quantitative estimate of drug-likeness (QED) is 0.271. The van der Waals surface area contributed by atoms with Gasteiger partial charge in [0.2, 0.25) is 0 Å². The number of piperazine rings is 1. The van der Waals surface area contributed by atoms with E-state index >= 15 is 4.39 Å². The van der Waals surface area contributed by atoms with Gasteiger partial charge in [-0.15, -0.1) is 11.6 Å². The Balaban J connectivity index is 1.20. The van der Waals surface area contributed by atoms with E-state index in [-0.39, 0.29) is 53.3 Å². The third-order valence-electron chi connectivity index (χ3n) is 10.4. The topological polar surface area (TPSA) is 77.6 Å². The van der Waals surface area contributed by atoms with Crippen molar-refractivity contribution in [1.29, 1.82) is 0 Å². The molecule has 11 heteroatoms. The molecule has 2 saturated carbocycles. The molecule has 8 atom stereocenters. The zero-order chi connectivity index (χ0) is 28.7. The molecule has 1 amide bonds. The molecule has 1 N–H and O–H groups in total. The van der Waals surface area contributed by atoms with Crippen LogP contribution in [0.1, 0.15) is 46.0 Å². The molecule has 8 unspecified atom stereocenters. The van der Waals surface area contributed by atoms with E-state index in [1.807, 2.05) is 0 Å². The van der Waals surface area contributed by atoms with Gasteiger partial charge in [0.05, 0.1) is 49.1 Å². The summed E-state index contributed by atoms with van der Waals surface area (Å²) < 4.78 is 28.4. The highest BCUT2D eigenvalue weighted by atomic mass is 35.5. The first-order valence-corrected chi connectivity index (χ1v) is 16.3. The van der Waals surface area contributed by atoms with Gasteiger partial charge in [-0.1, -0.05) is 0 Å². The van der Waals surface area contributed by atoms with Crippen LogP contribution in [0, 0.1) is 5.92 Å². The first kappa shape index (κ1) is 29.8. The second-order valence-electron chi connectivity index (χ2n) is 13.0. The first-order valence-electron chi connectivity index (χ1n) is 15.8. The van der Waals surface area contributed by atoms with Crippen LogP contribution in [0.5, 0.6) is 0 Å². The van der Waals surface area contributed by atoms with E-state index in [2.05, 4.69) is 38.8 Å². The summed E-state index contributed by atoms with van der Waals surface area (Å²) in [6.07, 6.45) is 3.42. The van der Waals surface area contributed by atoms with Gasteiger partial charge in [0.25, 0.3) is 5.91 Å². The summed E-state index contributed by atoms with van der Waals surface area (Å²) in [6.45, 7) is 12.5. The Morgan fingerprint density at radius 3 is 2.59 bits per heavy atom. The number of hydrogen-bond acceptors (Lipinski definition) is 8. The molecule has 41 heavy (non-hydrogen) atoms. The Kier molecular flexibility index (Phi) is 9.25. The average molecular weight is 596 g/mol. The van der Waals surface area contributed by atoms with Gasteiger partial charge in [-0.25, -0.2) is 4.39 Å². The molecule has 0 aromatic rings. The molecular formula is C30H47ClFN5O4. The summed E-state index contributed by atoms with van der Waals surface area (Å²) in [7, 11) is 0. The van der Waals surface area contributed by atoms with Crippen LogP contribution in [0.25, 0.3) is 0 Å². The third-order valence-corrected chi connectivity index (χ3v) is 10.7. The zero-order valence-electron chi connectivity index (χ0n) is 24.6. The fourth-order valence-electron chi connectivity index (χ4n) is 8.10. The molecule has 5 fully saturated rings. The van der Waals surface area contributed by atoms with Crippen LogP contribution < -0.4 is 5.32 Å². The number of ether oxygens (including phenoxy) is 2. The van der Waals surface area contributed by atoms with Crippen LogP contribution in [-0.4, -0.2) is 145 Å². The lowest BCUT2D eigenvalue weighted by atomic mass is 9.69. The summed E-state index contributed by atoms with van der Waals surface area (Å²) in [5.74, 6) is -1.19. The van der Waals surface area contributed by atoms with Crippen LogP contribution in [0.15, 0.2) is 11.8 Å². The average Bonchev–Trinajstić information content (AvgIpc) is 2.97. The fourth-order valence-corrected chi connectivity index (χ4v) is 8.41. The number of nitrogens with zero attached hydrogens (tertiary/aromatic N) is 4. The zero-order valence-corrected chi connectivity index (χ0v) is 25.3. The van der Waals surface area contributed by atoms with Gasteiger partial charge in [0.1, 0.15) is 6.17 Å². The maximum absolute atomic E-state index is 16.2. The van der Waals surface area contributed by atoms with Gasteiger partial charge in [-0.05, 0) is 52.5 Å². The van der Waals surface area contributed by atoms with Crippen molar-refractivity contribution in [3.05, 3.63) is 11.8 Å². The minimum absolute atomic E-state index is 0.0122. The van der Waals surface area contributed by atoms with Gasteiger partial charge < -0.3 is 19.7 Å². The number of ketones is 1. The molecule has 0 bridgehead atoms. The van der Waals surface area contributed by atoms with Gasteiger partial charge in [-0.2, -0.15) is 0 Å². The first-order chi connectivity index (χ1) is 19.8. The molecular weight excluding hydrogens is 549 g/mol. The highest BCUT2D eigenvalue weighted by Gasteiger charge is 2.60. The van der Waals surface area contributed by atoms with Crippen molar-refractivity contribution in [1.82, 2.24) is 24.9 Å². The van der Waals surface area contributed by atoms with Gasteiger partial charge in [0, 0.05) is 69.4 Å². The second-order valence-corrected chi connectivity index (χ2v) is 13.7. The van der Waals surface area contributed by atoms with Crippen molar-refractivity contribution in [2.24, 2.45) is 5.92 Å². The van der Waals surface area contributed by atoms with Crippen LogP contribution in [-0.2, 0) is 19.1 Å². The summed E-state index contributed by atoms with van der Waals surface area (Å²) in [5, 5.41) is 3.00.